The number of amides is 1. The Morgan fingerprint density at radius 2 is 1.78 bits per heavy atom. The molecule has 5 heterocycles. The first kappa shape index (κ1) is 30.8. The van der Waals surface area contributed by atoms with Crippen LogP contribution < -0.4 is 25.4 Å². The highest BCUT2D eigenvalue weighted by molar-refractivity contribution is 7.89. The largest absolute Gasteiger partial charge is 0.377 e. The van der Waals surface area contributed by atoms with Crippen LogP contribution in [-0.4, -0.2) is 71.1 Å². The second-order valence-corrected chi connectivity index (χ2v) is 14.5. The molecule has 0 bridgehead atoms. The van der Waals surface area contributed by atoms with E-state index >= 15 is 0 Å². The van der Waals surface area contributed by atoms with Crippen LogP contribution in [0.15, 0.2) is 41.3 Å². The lowest BCUT2D eigenvalue weighted by Gasteiger charge is -2.26. The summed E-state index contributed by atoms with van der Waals surface area (Å²) < 4.78 is 28.9. The quantitative estimate of drug-likeness (QED) is 0.285. The van der Waals surface area contributed by atoms with Crippen LogP contribution in [-0.2, 0) is 24.1 Å². The highest BCUT2D eigenvalue weighted by Gasteiger charge is 2.45. The van der Waals surface area contributed by atoms with Gasteiger partial charge in [0.1, 0.15) is 5.15 Å². The van der Waals surface area contributed by atoms with Gasteiger partial charge in [-0.3, -0.25) is 18.8 Å². The fraction of sp³-hybridized carbons (Fsp3) is 0.433. The van der Waals surface area contributed by atoms with Crippen LogP contribution in [0.4, 0.5) is 17.5 Å². The molecule has 1 aromatic carbocycles. The zero-order valence-electron chi connectivity index (χ0n) is 25.8. The average Bonchev–Trinajstić information content (AvgIpc) is 3.71. The molecule has 2 fully saturated rings. The van der Waals surface area contributed by atoms with E-state index in [0.29, 0.717) is 16.9 Å². The second kappa shape index (κ2) is 11.3. The molecule has 13 nitrogen and oxygen atoms in total. The maximum absolute atomic E-state index is 13.8. The summed E-state index contributed by atoms with van der Waals surface area (Å²) in [4.78, 5) is 40.3. The molecule has 2 saturated heterocycles. The van der Waals surface area contributed by atoms with Crippen LogP contribution in [0.25, 0.3) is 10.9 Å². The van der Waals surface area contributed by atoms with Gasteiger partial charge in [-0.15, -0.1) is 0 Å². The first-order valence-corrected chi connectivity index (χ1v) is 16.9. The Morgan fingerprint density at radius 1 is 1.07 bits per heavy atom. The lowest BCUT2D eigenvalue weighted by molar-refractivity contribution is 0.0977. The van der Waals surface area contributed by atoms with Gasteiger partial charge in [-0.1, -0.05) is 17.7 Å². The van der Waals surface area contributed by atoms with Crippen molar-refractivity contribution in [3.8, 4) is 0 Å². The Labute approximate surface area is 266 Å². The van der Waals surface area contributed by atoms with Crippen molar-refractivity contribution in [3.05, 3.63) is 68.9 Å². The van der Waals surface area contributed by atoms with Gasteiger partial charge in [-0.25, -0.2) is 23.1 Å². The van der Waals surface area contributed by atoms with Crippen LogP contribution in [0.2, 0.25) is 5.15 Å². The second-order valence-electron chi connectivity index (χ2n) is 12.3. The van der Waals surface area contributed by atoms with Gasteiger partial charge in [-0.05, 0) is 50.5 Å². The summed E-state index contributed by atoms with van der Waals surface area (Å²) in [6.45, 7) is 7.20. The summed E-state index contributed by atoms with van der Waals surface area (Å²) in [6, 6.07) is 8.48. The fourth-order valence-electron chi connectivity index (χ4n) is 6.55. The number of halogens is 1. The summed E-state index contributed by atoms with van der Waals surface area (Å²) >= 11 is 6.05. The minimum atomic E-state index is -3.83. The number of aromatic nitrogens is 5. The third-order valence-electron chi connectivity index (χ3n) is 8.71. The van der Waals surface area contributed by atoms with Gasteiger partial charge in [0.05, 0.1) is 28.9 Å². The molecule has 2 aliphatic heterocycles. The number of carbonyl (C=O) groups excluding carboxylic acids is 1. The molecule has 238 valence electrons. The summed E-state index contributed by atoms with van der Waals surface area (Å²) in [5, 5.41) is 8.39. The standard InChI is InChI=1S/C30H36ClN9O4S/c1-18-14-20(19(2)32-22-6-7-23(31)33-26(22)27(41)36-45(5,43)44)25-21(15-18)28(42)38(4)29(34-25)40-13-10-30(17-40)9-12-39(16-30)24-8-11-37(3)35-24/h6-8,11,14-15,19,32H,9-10,12-13,16-17H2,1-5H3,(H,36,41)/t19-,30?/m1/s1. The Bertz CT molecular complexity index is 1990. The van der Waals surface area contributed by atoms with Crippen molar-refractivity contribution in [1.29, 1.82) is 0 Å². The molecule has 2 atom stereocenters. The third kappa shape index (κ3) is 6.08. The number of hydrogen-bond acceptors (Lipinski definition) is 10. The van der Waals surface area contributed by atoms with E-state index in [0.717, 1.165) is 62.2 Å². The third-order valence-corrected chi connectivity index (χ3v) is 9.47. The van der Waals surface area contributed by atoms with E-state index in [1.165, 1.54) is 6.07 Å². The predicted octanol–water partition coefficient (Wildman–Crippen LogP) is 2.99. The van der Waals surface area contributed by atoms with Gasteiger partial charge in [0.25, 0.3) is 11.5 Å². The van der Waals surface area contributed by atoms with Gasteiger partial charge in [0.2, 0.25) is 16.0 Å². The van der Waals surface area contributed by atoms with E-state index in [2.05, 4.69) is 25.2 Å². The predicted molar refractivity (Wildman–Crippen MR) is 175 cm³/mol. The maximum Gasteiger partial charge on any atom is 0.285 e. The van der Waals surface area contributed by atoms with Gasteiger partial charge in [-0.2, -0.15) is 5.10 Å². The monoisotopic (exact) mass is 653 g/mol. The van der Waals surface area contributed by atoms with E-state index in [-0.39, 0.29) is 27.5 Å². The van der Waals surface area contributed by atoms with Crippen molar-refractivity contribution in [2.24, 2.45) is 19.5 Å². The Morgan fingerprint density at radius 3 is 2.47 bits per heavy atom. The van der Waals surface area contributed by atoms with Crippen LogP contribution in [0.5, 0.6) is 0 Å². The highest BCUT2D eigenvalue weighted by Crippen LogP contribution is 2.42. The average molecular weight is 654 g/mol. The summed E-state index contributed by atoms with van der Waals surface area (Å²) in [7, 11) is -0.146. The van der Waals surface area contributed by atoms with Crippen molar-refractivity contribution >= 4 is 55.9 Å². The first-order chi connectivity index (χ1) is 21.2. The van der Waals surface area contributed by atoms with Gasteiger partial charge < -0.3 is 15.1 Å². The zero-order valence-corrected chi connectivity index (χ0v) is 27.4. The minimum Gasteiger partial charge on any atom is -0.377 e. The molecule has 2 N–H and O–H groups in total. The number of sulfonamides is 1. The summed E-state index contributed by atoms with van der Waals surface area (Å²) in [5.41, 5.74) is 2.25. The number of pyridine rings is 1. The van der Waals surface area contributed by atoms with E-state index in [9.17, 15) is 18.0 Å². The molecule has 45 heavy (non-hydrogen) atoms. The van der Waals surface area contributed by atoms with E-state index in [1.54, 1.807) is 17.7 Å². The van der Waals surface area contributed by atoms with Crippen molar-refractivity contribution < 1.29 is 13.2 Å². The van der Waals surface area contributed by atoms with Crippen LogP contribution in [0.1, 0.15) is 47.4 Å². The van der Waals surface area contributed by atoms with Gasteiger partial charge in [0, 0.05) is 63.5 Å². The zero-order chi connectivity index (χ0) is 32.3. The molecule has 0 saturated carbocycles. The summed E-state index contributed by atoms with van der Waals surface area (Å²) in [5.74, 6) is 0.687. The minimum absolute atomic E-state index is 0.0384. The SMILES string of the molecule is Cc1cc([C@@H](C)Nc2ccc(Cl)nc2C(=O)NS(C)(=O)=O)c2nc(N3CCC4(CCN(c5ccn(C)n5)C4)C3)n(C)c(=O)c2c1. The topological polar surface area (TPSA) is 147 Å². The van der Waals surface area contributed by atoms with E-state index < -0.39 is 22.0 Å². The number of rotatable bonds is 7. The molecule has 15 heteroatoms. The molecule has 1 spiro atoms. The van der Waals surface area contributed by atoms with E-state index in [4.69, 9.17) is 16.6 Å². The fourth-order valence-corrected chi connectivity index (χ4v) is 7.13. The molecule has 4 aromatic rings. The number of fused-ring (bicyclic) bond motifs is 1. The van der Waals surface area contributed by atoms with Crippen molar-refractivity contribution in [3.63, 3.8) is 0 Å². The molecule has 1 amide bonds. The first-order valence-electron chi connectivity index (χ1n) is 14.7. The molecule has 3 aromatic heterocycles. The van der Waals surface area contributed by atoms with Crippen LogP contribution in [0.3, 0.4) is 0 Å². The number of aryl methyl sites for hydroxylation is 2. The van der Waals surface area contributed by atoms with Crippen molar-refractivity contribution in [2.75, 3.05) is 47.6 Å². The van der Waals surface area contributed by atoms with Crippen molar-refractivity contribution in [2.45, 2.75) is 32.7 Å². The normalized spacial score (nSPS) is 19.1. The summed E-state index contributed by atoms with van der Waals surface area (Å²) in [6.07, 6.45) is 4.88. The molecular formula is C30H36ClN9O4S. The van der Waals surface area contributed by atoms with Gasteiger partial charge in [0.15, 0.2) is 11.5 Å². The Kier molecular flexibility index (Phi) is 7.76. The highest BCUT2D eigenvalue weighted by atomic mass is 35.5. The number of nitrogens with zero attached hydrogens (tertiary/aromatic N) is 7. The van der Waals surface area contributed by atoms with E-state index in [1.807, 2.05) is 54.7 Å². The lowest BCUT2D eigenvalue weighted by atomic mass is 9.86. The maximum atomic E-state index is 13.8. The Balaban J connectivity index is 1.32. The molecule has 0 aliphatic carbocycles. The number of carbonyl (C=O) groups is 1. The number of hydrogen-bond donors (Lipinski definition) is 2. The molecule has 1 unspecified atom stereocenters. The molecule has 6 rings (SSSR count). The molecule has 0 radical (unpaired) electrons. The number of benzene rings is 1. The van der Waals surface area contributed by atoms with Gasteiger partial charge >= 0.3 is 0 Å². The van der Waals surface area contributed by atoms with Crippen LogP contribution in [0, 0.1) is 12.3 Å². The smallest absolute Gasteiger partial charge is 0.285 e. The molecule has 2 aliphatic rings. The number of anilines is 3. The Hall–Kier alpha value is -4.17. The van der Waals surface area contributed by atoms with Crippen molar-refractivity contribution in [1.82, 2.24) is 29.0 Å². The number of nitrogens with one attached hydrogen (secondary N) is 2. The van der Waals surface area contributed by atoms with Crippen LogP contribution >= 0.6 is 11.6 Å². The molecular weight excluding hydrogens is 618 g/mol. The lowest BCUT2D eigenvalue weighted by Crippen LogP contribution is -2.34.